The van der Waals surface area contributed by atoms with Gasteiger partial charge in [-0.1, -0.05) is 11.8 Å². The molecule has 0 spiro atoms. The van der Waals surface area contributed by atoms with E-state index in [2.05, 4.69) is 0 Å². The average Bonchev–Trinajstić information content (AvgIpc) is 2.75. The molecule has 9 heteroatoms. The summed E-state index contributed by atoms with van der Waals surface area (Å²) in [6, 6.07) is 9.94. The summed E-state index contributed by atoms with van der Waals surface area (Å²) in [6.07, 6.45) is 1.31. The van der Waals surface area contributed by atoms with E-state index in [1.54, 1.807) is 6.92 Å². The Kier molecular flexibility index (Phi) is 7.04. The smallest absolute Gasteiger partial charge is 0.310 e. The van der Waals surface area contributed by atoms with E-state index >= 15 is 0 Å². The van der Waals surface area contributed by atoms with Crippen molar-refractivity contribution in [2.24, 2.45) is 5.92 Å². The van der Waals surface area contributed by atoms with Crippen LogP contribution in [0.1, 0.15) is 30.1 Å². The van der Waals surface area contributed by atoms with Crippen LogP contribution in [0, 0.1) is 21.8 Å². The molecule has 0 aromatic heterocycles. The highest BCUT2D eigenvalue weighted by Gasteiger charge is 2.30. The topological polar surface area (TPSA) is 89.8 Å². The molecule has 1 aliphatic rings. The number of carbonyl (C=O) groups excluding carboxylic acids is 2. The lowest BCUT2D eigenvalue weighted by atomic mass is 9.97. The third kappa shape index (κ3) is 5.15. The number of nitro benzene ring substituents is 1. The van der Waals surface area contributed by atoms with Gasteiger partial charge in [-0.25, -0.2) is 4.39 Å². The molecular weight excluding hydrogens is 411 g/mol. The van der Waals surface area contributed by atoms with Gasteiger partial charge in [-0.05, 0) is 56.2 Å². The number of benzene rings is 2. The van der Waals surface area contributed by atoms with Gasteiger partial charge in [0.25, 0.3) is 11.6 Å². The van der Waals surface area contributed by atoms with Crippen LogP contribution in [0.4, 0.5) is 10.1 Å². The quantitative estimate of drug-likeness (QED) is 0.384. The Balaban J connectivity index is 1.79. The minimum absolute atomic E-state index is 0.190. The van der Waals surface area contributed by atoms with Gasteiger partial charge in [-0.3, -0.25) is 19.7 Å². The number of amides is 1. The molecule has 1 heterocycles. The molecule has 1 fully saturated rings. The van der Waals surface area contributed by atoms with Crippen LogP contribution in [0.5, 0.6) is 0 Å². The van der Waals surface area contributed by atoms with Crippen molar-refractivity contribution in [1.29, 1.82) is 0 Å². The Bertz CT molecular complexity index is 951. The Hall–Kier alpha value is -2.94. The lowest BCUT2D eigenvalue weighted by molar-refractivity contribution is -0.387. The number of esters is 1. The van der Waals surface area contributed by atoms with Crippen LogP contribution in [0.3, 0.4) is 0 Å². The lowest BCUT2D eigenvalue weighted by Gasteiger charge is -2.31. The first kappa shape index (κ1) is 21.8. The molecule has 0 radical (unpaired) electrons. The molecule has 1 amide bonds. The fourth-order valence-corrected chi connectivity index (χ4v) is 4.21. The SMILES string of the molecule is CCOC(=O)[C@@H]1CCCN(C(=O)c2ccc(Sc3ccc(F)cc3)c([N+](=O)[O-])c2)C1. The maximum Gasteiger partial charge on any atom is 0.310 e. The van der Waals surface area contributed by atoms with E-state index in [4.69, 9.17) is 4.74 Å². The van der Waals surface area contributed by atoms with Crippen molar-refractivity contribution in [3.8, 4) is 0 Å². The number of piperidine rings is 1. The molecule has 1 saturated heterocycles. The minimum atomic E-state index is -0.541. The van der Waals surface area contributed by atoms with Crippen molar-refractivity contribution in [2.45, 2.75) is 29.6 Å². The second-order valence-electron chi connectivity index (χ2n) is 6.84. The van der Waals surface area contributed by atoms with Crippen LogP contribution in [0.2, 0.25) is 0 Å². The first-order valence-electron chi connectivity index (χ1n) is 9.56. The van der Waals surface area contributed by atoms with E-state index in [1.165, 1.54) is 47.4 Å². The molecule has 1 aliphatic heterocycles. The number of ether oxygens (including phenoxy) is 1. The zero-order valence-corrected chi connectivity index (χ0v) is 17.2. The number of nitrogens with zero attached hydrogens (tertiary/aromatic N) is 2. The Morgan fingerprint density at radius 3 is 2.67 bits per heavy atom. The number of carbonyl (C=O) groups is 2. The number of nitro groups is 1. The number of hydrogen-bond donors (Lipinski definition) is 0. The lowest BCUT2D eigenvalue weighted by Crippen LogP contribution is -2.42. The predicted octanol–water partition coefficient (Wildman–Crippen LogP) is 4.30. The summed E-state index contributed by atoms with van der Waals surface area (Å²) in [7, 11) is 0. The summed E-state index contributed by atoms with van der Waals surface area (Å²) in [6.45, 7) is 2.73. The second-order valence-corrected chi connectivity index (χ2v) is 7.95. The van der Waals surface area contributed by atoms with E-state index < -0.39 is 10.7 Å². The molecule has 0 N–H and O–H groups in total. The zero-order valence-electron chi connectivity index (χ0n) is 16.4. The molecule has 2 aromatic rings. The fraction of sp³-hybridized carbons (Fsp3) is 0.333. The van der Waals surface area contributed by atoms with Crippen LogP contribution in [0.15, 0.2) is 52.3 Å². The Morgan fingerprint density at radius 1 is 1.27 bits per heavy atom. The van der Waals surface area contributed by atoms with Gasteiger partial charge in [0.15, 0.2) is 0 Å². The Labute approximate surface area is 177 Å². The molecule has 30 heavy (non-hydrogen) atoms. The van der Waals surface area contributed by atoms with Gasteiger partial charge < -0.3 is 9.64 Å². The third-order valence-electron chi connectivity index (χ3n) is 4.77. The van der Waals surface area contributed by atoms with Gasteiger partial charge in [-0.15, -0.1) is 0 Å². The molecule has 0 aliphatic carbocycles. The molecule has 3 rings (SSSR count). The van der Waals surface area contributed by atoms with E-state index in [1.807, 2.05) is 0 Å². The van der Waals surface area contributed by atoms with Gasteiger partial charge in [0.1, 0.15) is 5.82 Å². The highest BCUT2D eigenvalue weighted by molar-refractivity contribution is 7.99. The molecule has 0 bridgehead atoms. The van der Waals surface area contributed by atoms with Crippen LogP contribution >= 0.6 is 11.8 Å². The van der Waals surface area contributed by atoms with E-state index in [0.717, 1.165) is 11.8 Å². The molecule has 1 atom stereocenters. The van der Waals surface area contributed by atoms with Gasteiger partial charge >= 0.3 is 5.97 Å². The second kappa shape index (κ2) is 9.71. The molecule has 0 unspecified atom stereocenters. The largest absolute Gasteiger partial charge is 0.466 e. The zero-order chi connectivity index (χ0) is 21.7. The van der Waals surface area contributed by atoms with E-state index in [9.17, 15) is 24.1 Å². The standard InChI is InChI=1S/C21H21FN2O5S/c1-2-29-21(26)15-4-3-11-23(13-15)20(25)14-5-10-19(18(12-14)24(27)28)30-17-8-6-16(22)7-9-17/h5-10,12,15H,2-4,11,13H2,1H3/t15-/m1/s1. The number of rotatable bonds is 6. The summed E-state index contributed by atoms with van der Waals surface area (Å²) in [5, 5.41) is 11.6. The van der Waals surface area contributed by atoms with Gasteiger partial charge in [-0.2, -0.15) is 0 Å². The van der Waals surface area contributed by atoms with Crippen molar-refractivity contribution in [1.82, 2.24) is 4.90 Å². The highest BCUT2D eigenvalue weighted by atomic mass is 32.2. The molecule has 0 saturated carbocycles. The molecular formula is C21H21FN2O5S. The maximum atomic E-state index is 13.1. The van der Waals surface area contributed by atoms with Crippen molar-refractivity contribution in [3.63, 3.8) is 0 Å². The first-order chi connectivity index (χ1) is 14.4. The summed E-state index contributed by atoms with van der Waals surface area (Å²) in [5.74, 6) is -1.46. The fourth-order valence-electron chi connectivity index (χ4n) is 3.31. The number of likely N-dealkylation sites (tertiary alicyclic amines) is 1. The van der Waals surface area contributed by atoms with Crippen molar-refractivity contribution in [2.75, 3.05) is 19.7 Å². The molecule has 158 valence electrons. The first-order valence-corrected chi connectivity index (χ1v) is 10.4. The predicted molar refractivity (Wildman–Crippen MR) is 109 cm³/mol. The van der Waals surface area contributed by atoms with Gasteiger partial charge in [0.05, 0.1) is 22.3 Å². The van der Waals surface area contributed by atoms with E-state index in [-0.39, 0.29) is 42.2 Å². The normalized spacial score (nSPS) is 16.2. The summed E-state index contributed by atoms with van der Waals surface area (Å²) in [4.78, 5) is 38.5. The van der Waals surface area contributed by atoms with Crippen LogP contribution in [-0.2, 0) is 9.53 Å². The monoisotopic (exact) mass is 432 g/mol. The average molecular weight is 432 g/mol. The summed E-state index contributed by atoms with van der Waals surface area (Å²) in [5.41, 5.74) is -0.0104. The summed E-state index contributed by atoms with van der Waals surface area (Å²) >= 11 is 1.12. The third-order valence-corrected chi connectivity index (χ3v) is 5.85. The Morgan fingerprint density at radius 2 is 2.00 bits per heavy atom. The van der Waals surface area contributed by atoms with Crippen molar-refractivity contribution in [3.05, 3.63) is 64.0 Å². The molecule has 7 nitrogen and oxygen atoms in total. The summed E-state index contributed by atoms with van der Waals surface area (Å²) < 4.78 is 18.1. The van der Waals surface area contributed by atoms with Crippen LogP contribution < -0.4 is 0 Å². The molecule has 2 aromatic carbocycles. The van der Waals surface area contributed by atoms with Crippen LogP contribution in [-0.4, -0.2) is 41.4 Å². The minimum Gasteiger partial charge on any atom is -0.466 e. The maximum absolute atomic E-state index is 13.1. The van der Waals surface area contributed by atoms with E-state index in [0.29, 0.717) is 29.2 Å². The highest BCUT2D eigenvalue weighted by Crippen LogP contribution is 2.35. The van der Waals surface area contributed by atoms with Crippen molar-refractivity contribution >= 4 is 29.3 Å². The van der Waals surface area contributed by atoms with Gasteiger partial charge in [0.2, 0.25) is 0 Å². The van der Waals surface area contributed by atoms with Crippen molar-refractivity contribution < 1.29 is 23.6 Å². The number of halogens is 1. The number of hydrogen-bond acceptors (Lipinski definition) is 6. The van der Waals surface area contributed by atoms with Crippen LogP contribution in [0.25, 0.3) is 0 Å². The van der Waals surface area contributed by atoms with Gasteiger partial charge in [0, 0.05) is 29.6 Å².